The fourth-order valence-corrected chi connectivity index (χ4v) is 7.29. The van der Waals surface area contributed by atoms with Crippen molar-refractivity contribution in [2.45, 2.75) is 79.7 Å². The Morgan fingerprint density at radius 1 is 0.727 bits per heavy atom. The number of carbonyl (C=O) groups is 2. The minimum atomic E-state index is 0.0881. The number of methoxy groups -OCH3 is 2. The molecule has 4 aromatic heterocycles. The van der Waals surface area contributed by atoms with E-state index in [9.17, 15) is 9.59 Å². The number of hydrogen-bond acceptors (Lipinski definition) is 10. The van der Waals surface area contributed by atoms with E-state index in [-0.39, 0.29) is 11.8 Å². The Bertz CT molecular complexity index is 1590. The summed E-state index contributed by atoms with van der Waals surface area (Å²) >= 11 is 3.05. The molecule has 12 nitrogen and oxygen atoms in total. The summed E-state index contributed by atoms with van der Waals surface area (Å²) in [5, 5.41) is 10.9. The Balaban J connectivity index is 0.000000175. The molecule has 0 aromatic carbocycles. The fraction of sp³-hybridized carbons (Fsp3) is 0.533. The SMILES string of the molecule is CCCC1=CC(=O)N(Cc2c(C)nc3sc(COC)nn23)C1.CCCC1=CC(=O)N(Cc2c(C)nc3sc(COC)nn23)C1. The molecule has 0 saturated carbocycles. The zero-order chi connectivity index (χ0) is 31.4. The number of aryl methyl sites for hydroxylation is 2. The van der Waals surface area contributed by atoms with Gasteiger partial charge >= 0.3 is 0 Å². The van der Waals surface area contributed by atoms with Crippen LogP contribution in [0.15, 0.2) is 23.3 Å². The van der Waals surface area contributed by atoms with E-state index in [4.69, 9.17) is 9.47 Å². The van der Waals surface area contributed by atoms with Gasteiger partial charge in [-0.25, -0.2) is 19.0 Å². The predicted octanol–water partition coefficient (Wildman–Crippen LogP) is 4.63. The number of amides is 2. The van der Waals surface area contributed by atoms with E-state index in [0.29, 0.717) is 39.4 Å². The lowest BCUT2D eigenvalue weighted by molar-refractivity contribution is -0.125. The Morgan fingerprint density at radius 2 is 1.14 bits per heavy atom. The summed E-state index contributed by atoms with van der Waals surface area (Å²) < 4.78 is 13.9. The van der Waals surface area contributed by atoms with Gasteiger partial charge in [0, 0.05) is 39.5 Å². The minimum absolute atomic E-state index is 0.0881. The first kappa shape index (κ1) is 31.9. The molecule has 0 atom stereocenters. The molecule has 14 heteroatoms. The minimum Gasteiger partial charge on any atom is -0.377 e. The number of carbonyl (C=O) groups excluding carboxylic acids is 2. The van der Waals surface area contributed by atoms with Crippen LogP contribution in [-0.2, 0) is 45.4 Å². The molecule has 0 spiro atoms. The number of imidazole rings is 2. The van der Waals surface area contributed by atoms with E-state index in [1.54, 1.807) is 26.4 Å². The Labute approximate surface area is 265 Å². The highest BCUT2D eigenvalue weighted by Gasteiger charge is 2.25. The van der Waals surface area contributed by atoms with Gasteiger partial charge < -0.3 is 19.3 Å². The van der Waals surface area contributed by atoms with E-state index >= 15 is 0 Å². The lowest BCUT2D eigenvalue weighted by Crippen LogP contribution is -2.26. The van der Waals surface area contributed by atoms with Crippen molar-refractivity contribution in [3.63, 3.8) is 0 Å². The second-order valence-electron chi connectivity index (χ2n) is 11.0. The second-order valence-corrected chi connectivity index (χ2v) is 13.1. The van der Waals surface area contributed by atoms with Crippen LogP contribution in [0.4, 0.5) is 0 Å². The van der Waals surface area contributed by atoms with Gasteiger partial charge in [0.1, 0.15) is 10.0 Å². The molecule has 2 aliphatic rings. The van der Waals surface area contributed by atoms with Crippen molar-refractivity contribution in [1.29, 1.82) is 0 Å². The van der Waals surface area contributed by atoms with Crippen molar-refractivity contribution in [3.05, 3.63) is 56.1 Å². The van der Waals surface area contributed by atoms with Gasteiger partial charge in [-0.1, -0.05) is 49.4 Å². The smallest absolute Gasteiger partial charge is 0.247 e. The van der Waals surface area contributed by atoms with Crippen LogP contribution in [0, 0.1) is 13.8 Å². The molecule has 236 valence electrons. The third kappa shape index (κ3) is 6.93. The van der Waals surface area contributed by atoms with E-state index in [2.05, 4.69) is 34.0 Å². The van der Waals surface area contributed by atoms with Gasteiger partial charge in [-0.2, -0.15) is 10.2 Å². The first-order chi connectivity index (χ1) is 21.2. The zero-order valence-electron chi connectivity index (χ0n) is 26.3. The maximum absolute atomic E-state index is 12.1. The lowest BCUT2D eigenvalue weighted by atomic mass is 10.2. The van der Waals surface area contributed by atoms with Crippen LogP contribution in [0.1, 0.15) is 72.3 Å². The normalized spacial score (nSPS) is 15.1. The van der Waals surface area contributed by atoms with Crippen LogP contribution in [-0.4, -0.2) is 78.1 Å². The predicted molar refractivity (Wildman–Crippen MR) is 169 cm³/mol. The lowest BCUT2D eigenvalue weighted by Gasteiger charge is -2.16. The largest absolute Gasteiger partial charge is 0.377 e. The van der Waals surface area contributed by atoms with Crippen LogP contribution in [0.5, 0.6) is 0 Å². The highest BCUT2D eigenvalue weighted by molar-refractivity contribution is 7.17. The first-order valence-corrected chi connectivity index (χ1v) is 16.5. The van der Waals surface area contributed by atoms with E-state index in [1.165, 1.54) is 33.8 Å². The number of aromatic nitrogens is 6. The first-order valence-electron chi connectivity index (χ1n) is 14.9. The molecule has 0 unspecified atom stereocenters. The van der Waals surface area contributed by atoms with Crippen molar-refractivity contribution in [2.24, 2.45) is 0 Å². The van der Waals surface area contributed by atoms with Crippen LogP contribution in [0.3, 0.4) is 0 Å². The summed E-state index contributed by atoms with van der Waals surface area (Å²) in [6.45, 7) is 11.7. The van der Waals surface area contributed by atoms with E-state index < -0.39 is 0 Å². The van der Waals surface area contributed by atoms with Crippen LogP contribution >= 0.6 is 22.7 Å². The molecule has 0 aliphatic carbocycles. The molecule has 0 saturated heterocycles. The summed E-state index contributed by atoms with van der Waals surface area (Å²) in [4.78, 5) is 38.8. The molecule has 0 bridgehead atoms. The summed E-state index contributed by atoms with van der Waals surface area (Å²) in [6, 6.07) is 0. The average molecular weight is 641 g/mol. The highest BCUT2D eigenvalue weighted by atomic mass is 32.1. The van der Waals surface area contributed by atoms with Gasteiger partial charge in [0.05, 0.1) is 49.1 Å². The third-order valence-electron chi connectivity index (χ3n) is 7.50. The van der Waals surface area contributed by atoms with Gasteiger partial charge in [-0.05, 0) is 37.8 Å². The van der Waals surface area contributed by atoms with Crippen LogP contribution in [0.2, 0.25) is 0 Å². The summed E-state index contributed by atoms with van der Waals surface area (Å²) in [5.74, 6) is 0.176. The van der Waals surface area contributed by atoms with Crippen LogP contribution in [0.25, 0.3) is 9.92 Å². The molecule has 0 fully saturated rings. The molecule has 6 rings (SSSR count). The Morgan fingerprint density at radius 3 is 1.50 bits per heavy atom. The summed E-state index contributed by atoms with van der Waals surface area (Å²) in [6.07, 6.45) is 7.64. The number of hydrogen-bond donors (Lipinski definition) is 0. The third-order valence-corrected chi connectivity index (χ3v) is 9.27. The Hall–Kier alpha value is -3.46. The molecule has 2 aliphatic heterocycles. The van der Waals surface area contributed by atoms with E-state index in [0.717, 1.165) is 68.4 Å². The molecular formula is C30H40N8O4S2. The average Bonchev–Trinajstić information content (AvgIpc) is 3.80. The van der Waals surface area contributed by atoms with Crippen molar-refractivity contribution >= 4 is 44.4 Å². The monoisotopic (exact) mass is 640 g/mol. The van der Waals surface area contributed by atoms with Crippen molar-refractivity contribution in [1.82, 2.24) is 39.0 Å². The Kier molecular flexibility index (Phi) is 10.2. The highest BCUT2D eigenvalue weighted by Crippen LogP contribution is 2.25. The summed E-state index contributed by atoms with van der Waals surface area (Å²) in [5.41, 5.74) is 6.24. The van der Waals surface area contributed by atoms with Gasteiger partial charge in [-0.15, -0.1) is 0 Å². The van der Waals surface area contributed by atoms with E-state index in [1.807, 2.05) is 32.7 Å². The summed E-state index contributed by atoms with van der Waals surface area (Å²) in [7, 11) is 3.31. The molecule has 4 aromatic rings. The maximum Gasteiger partial charge on any atom is 0.247 e. The maximum atomic E-state index is 12.1. The molecule has 2 amide bonds. The number of fused-ring (bicyclic) bond motifs is 2. The molecule has 0 N–H and O–H groups in total. The topological polar surface area (TPSA) is 119 Å². The van der Waals surface area contributed by atoms with Crippen LogP contribution < -0.4 is 0 Å². The molecule has 0 radical (unpaired) electrons. The van der Waals surface area contributed by atoms with Crippen molar-refractivity contribution < 1.29 is 19.1 Å². The van der Waals surface area contributed by atoms with Gasteiger partial charge in [0.25, 0.3) is 0 Å². The van der Waals surface area contributed by atoms with Gasteiger partial charge in [0.15, 0.2) is 0 Å². The number of ether oxygens (including phenoxy) is 2. The standard InChI is InChI=1S/2C15H20N4O2S/c2*1-4-5-11-6-14(20)18(7-11)8-12-10(2)16-15-19(12)17-13(22-15)9-21-3/h2*6H,4-5,7-9H2,1-3H3. The van der Waals surface area contributed by atoms with Crippen molar-refractivity contribution in [3.8, 4) is 0 Å². The second kappa shape index (κ2) is 14.1. The molecular weight excluding hydrogens is 601 g/mol. The molecule has 6 heterocycles. The molecule has 44 heavy (non-hydrogen) atoms. The fourth-order valence-electron chi connectivity index (χ4n) is 5.43. The zero-order valence-corrected chi connectivity index (χ0v) is 27.9. The van der Waals surface area contributed by atoms with Gasteiger partial charge in [-0.3, -0.25) is 9.59 Å². The van der Waals surface area contributed by atoms with Crippen molar-refractivity contribution in [2.75, 3.05) is 27.3 Å². The number of nitrogens with zero attached hydrogens (tertiary/aromatic N) is 8. The number of rotatable bonds is 12. The van der Waals surface area contributed by atoms with Gasteiger partial charge in [0.2, 0.25) is 21.7 Å². The quantitative estimate of drug-likeness (QED) is 0.220.